The lowest BCUT2D eigenvalue weighted by atomic mass is 10.2. The van der Waals surface area contributed by atoms with Crippen LogP contribution in [-0.2, 0) is 17.9 Å². The fourth-order valence-corrected chi connectivity index (χ4v) is 3.83. The van der Waals surface area contributed by atoms with Gasteiger partial charge in [-0.15, -0.1) is 0 Å². The van der Waals surface area contributed by atoms with E-state index in [1.54, 1.807) is 31.3 Å². The average molecular weight is 439 g/mol. The third-order valence-corrected chi connectivity index (χ3v) is 5.58. The normalized spacial score (nSPS) is 14.6. The van der Waals surface area contributed by atoms with Gasteiger partial charge in [-0.3, -0.25) is 9.69 Å². The molecule has 32 heavy (non-hydrogen) atoms. The van der Waals surface area contributed by atoms with Crippen LogP contribution < -0.4 is 9.47 Å². The number of amides is 1. The molecule has 0 radical (unpaired) electrons. The molecule has 168 valence electrons. The lowest BCUT2D eigenvalue weighted by Crippen LogP contribution is -2.49. The molecule has 1 aliphatic heterocycles. The van der Waals surface area contributed by atoms with Crippen LogP contribution in [0, 0.1) is 12.7 Å². The molecule has 1 amide bonds. The second-order valence-corrected chi connectivity index (χ2v) is 7.72. The summed E-state index contributed by atoms with van der Waals surface area (Å²) in [5, 5.41) is 0. The first kappa shape index (κ1) is 21.8. The number of halogens is 1. The van der Waals surface area contributed by atoms with Crippen molar-refractivity contribution < 1.29 is 23.1 Å². The Bertz CT molecular complexity index is 1100. The van der Waals surface area contributed by atoms with E-state index < -0.39 is 0 Å². The Morgan fingerprint density at radius 3 is 2.53 bits per heavy atom. The Labute approximate surface area is 186 Å². The number of para-hydroxylation sites is 1. The number of nitrogens with zero attached hydrogens (tertiary/aromatic N) is 3. The first-order chi connectivity index (χ1) is 15.5. The first-order valence-corrected chi connectivity index (χ1v) is 10.4. The minimum absolute atomic E-state index is 0.0383. The Kier molecular flexibility index (Phi) is 6.41. The van der Waals surface area contributed by atoms with Gasteiger partial charge in [0.05, 0.1) is 32.0 Å². The predicted molar refractivity (Wildman–Crippen MR) is 117 cm³/mol. The van der Waals surface area contributed by atoms with Crippen LogP contribution in [0.15, 0.2) is 46.9 Å². The molecule has 8 heteroatoms. The van der Waals surface area contributed by atoms with E-state index in [9.17, 15) is 9.18 Å². The Morgan fingerprint density at radius 1 is 1.06 bits per heavy atom. The maximum absolute atomic E-state index is 13.1. The van der Waals surface area contributed by atoms with E-state index in [2.05, 4.69) is 9.88 Å². The summed E-state index contributed by atoms with van der Waals surface area (Å²) in [5.41, 5.74) is 2.41. The standard InChI is InChI=1S/C24H26FN3O4/c1-16-20(26-24(32-16)19-5-4-6-21(30-2)23(19)31-3)14-27-11-12-28(22(29)15-27)13-17-7-9-18(25)10-8-17/h4-10H,11-15H2,1-3H3. The summed E-state index contributed by atoms with van der Waals surface area (Å²) in [6, 6.07) is 11.8. The summed E-state index contributed by atoms with van der Waals surface area (Å²) in [6.45, 7) is 4.48. The van der Waals surface area contributed by atoms with Gasteiger partial charge in [-0.05, 0) is 36.8 Å². The molecular weight excluding hydrogens is 413 g/mol. The maximum atomic E-state index is 13.1. The molecule has 0 bridgehead atoms. The molecule has 0 unspecified atom stereocenters. The van der Waals surface area contributed by atoms with Crippen molar-refractivity contribution >= 4 is 5.91 Å². The number of methoxy groups -OCH3 is 2. The molecule has 1 fully saturated rings. The quantitative estimate of drug-likeness (QED) is 0.560. The minimum atomic E-state index is -0.279. The molecule has 0 N–H and O–H groups in total. The van der Waals surface area contributed by atoms with E-state index >= 15 is 0 Å². The number of oxazole rings is 1. The largest absolute Gasteiger partial charge is 0.493 e. The van der Waals surface area contributed by atoms with Gasteiger partial charge in [0.2, 0.25) is 11.8 Å². The number of hydrogen-bond donors (Lipinski definition) is 0. The number of piperazine rings is 1. The van der Waals surface area contributed by atoms with Crippen molar-refractivity contribution in [3.05, 3.63) is 65.3 Å². The van der Waals surface area contributed by atoms with Crippen molar-refractivity contribution in [1.82, 2.24) is 14.8 Å². The van der Waals surface area contributed by atoms with E-state index in [0.29, 0.717) is 54.9 Å². The fourth-order valence-electron chi connectivity index (χ4n) is 3.83. The Hall–Kier alpha value is -3.39. The first-order valence-electron chi connectivity index (χ1n) is 10.4. The Morgan fingerprint density at radius 2 is 1.84 bits per heavy atom. The highest BCUT2D eigenvalue weighted by molar-refractivity contribution is 5.79. The van der Waals surface area contributed by atoms with Gasteiger partial charge in [-0.2, -0.15) is 0 Å². The number of hydrogen-bond acceptors (Lipinski definition) is 6. The molecule has 1 saturated heterocycles. The molecule has 4 rings (SSSR count). The number of benzene rings is 2. The molecule has 0 aliphatic carbocycles. The lowest BCUT2D eigenvalue weighted by molar-refractivity contribution is -0.136. The second kappa shape index (κ2) is 9.40. The van der Waals surface area contributed by atoms with Gasteiger partial charge in [0.15, 0.2) is 11.5 Å². The molecule has 0 atom stereocenters. The van der Waals surface area contributed by atoms with Crippen LogP contribution >= 0.6 is 0 Å². The van der Waals surface area contributed by atoms with Crippen molar-refractivity contribution in [2.75, 3.05) is 33.9 Å². The second-order valence-electron chi connectivity index (χ2n) is 7.72. The van der Waals surface area contributed by atoms with Crippen LogP contribution in [0.3, 0.4) is 0 Å². The van der Waals surface area contributed by atoms with Gasteiger partial charge in [0.25, 0.3) is 0 Å². The van der Waals surface area contributed by atoms with Crippen LogP contribution in [0.4, 0.5) is 4.39 Å². The number of carbonyl (C=O) groups is 1. The summed E-state index contributed by atoms with van der Waals surface area (Å²) in [6.07, 6.45) is 0. The molecular formula is C24H26FN3O4. The maximum Gasteiger partial charge on any atom is 0.237 e. The summed E-state index contributed by atoms with van der Waals surface area (Å²) in [5.74, 6) is 2.08. The lowest BCUT2D eigenvalue weighted by Gasteiger charge is -2.34. The van der Waals surface area contributed by atoms with Crippen molar-refractivity contribution in [2.45, 2.75) is 20.0 Å². The van der Waals surface area contributed by atoms with E-state index in [1.165, 1.54) is 12.1 Å². The number of aromatic nitrogens is 1. The molecule has 0 saturated carbocycles. The van der Waals surface area contributed by atoms with Crippen LogP contribution in [0.25, 0.3) is 11.5 Å². The number of ether oxygens (including phenoxy) is 2. The summed E-state index contributed by atoms with van der Waals surface area (Å²) in [7, 11) is 3.16. The smallest absolute Gasteiger partial charge is 0.237 e. The van der Waals surface area contributed by atoms with Gasteiger partial charge < -0.3 is 18.8 Å². The van der Waals surface area contributed by atoms with Crippen molar-refractivity contribution in [2.24, 2.45) is 0 Å². The fraction of sp³-hybridized carbons (Fsp3) is 0.333. The predicted octanol–water partition coefficient (Wildman–Crippen LogP) is 3.65. The van der Waals surface area contributed by atoms with Gasteiger partial charge in [0, 0.05) is 26.2 Å². The molecule has 2 heterocycles. The zero-order chi connectivity index (χ0) is 22.7. The average Bonchev–Trinajstić information content (AvgIpc) is 3.16. The molecule has 7 nitrogen and oxygen atoms in total. The van der Waals surface area contributed by atoms with Crippen LogP contribution in [0.2, 0.25) is 0 Å². The Balaban J connectivity index is 1.43. The van der Waals surface area contributed by atoms with E-state index in [0.717, 1.165) is 17.8 Å². The topological polar surface area (TPSA) is 68.0 Å². The highest BCUT2D eigenvalue weighted by Crippen LogP contribution is 2.38. The van der Waals surface area contributed by atoms with Crippen LogP contribution in [-0.4, -0.2) is 54.5 Å². The van der Waals surface area contributed by atoms with E-state index in [4.69, 9.17) is 13.9 Å². The number of aryl methyl sites for hydroxylation is 1. The summed E-state index contributed by atoms with van der Waals surface area (Å²) >= 11 is 0. The van der Waals surface area contributed by atoms with Crippen molar-refractivity contribution in [1.29, 1.82) is 0 Å². The third kappa shape index (κ3) is 4.60. The van der Waals surface area contributed by atoms with Gasteiger partial charge in [-0.1, -0.05) is 18.2 Å². The molecule has 3 aromatic rings. The van der Waals surface area contributed by atoms with Gasteiger partial charge in [0.1, 0.15) is 11.6 Å². The SMILES string of the molecule is COc1cccc(-c2nc(CN3CCN(Cc4ccc(F)cc4)C(=O)C3)c(C)o2)c1OC. The monoisotopic (exact) mass is 439 g/mol. The molecule has 1 aliphatic rings. The molecule has 1 aromatic heterocycles. The van der Waals surface area contributed by atoms with Gasteiger partial charge >= 0.3 is 0 Å². The van der Waals surface area contributed by atoms with E-state index in [-0.39, 0.29) is 11.7 Å². The van der Waals surface area contributed by atoms with Crippen LogP contribution in [0.1, 0.15) is 17.0 Å². The minimum Gasteiger partial charge on any atom is -0.493 e. The van der Waals surface area contributed by atoms with Crippen molar-refractivity contribution in [3.63, 3.8) is 0 Å². The molecule has 2 aromatic carbocycles. The number of rotatable bonds is 7. The third-order valence-electron chi connectivity index (χ3n) is 5.58. The van der Waals surface area contributed by atoms with E-state index in [1.807, 2.05) is 25.1 Å². The zero-order valence-electron chi connectivity index (χ0n) is 18.4. The summed E-state index contributed by atoms with van der Waals surface area (Å²) in [4.78, 5) is 21.2. The molecule has 0 spiro atoms. The van der Waals surface area contributed by atoms with Crippen molar-refractivity contribution in [3.8, 4) is 23.0 Å². The zero-order valence-corrected chi connectivity index (χ0v) is 18.4. The van der Waals surface area contributed by atoms with Gasteiger partial charge in [-0.25, -0.2) is 9.37 Å². The summed E-state index contributed by atoms with van der Waals surface area (Å²) < 4.78 is 29.9. The highest BCUT2D eigenvalue weighted by atomic mass is 19.1. The highest BCUT2D eigenvalue weighted by Gasteiger charge is 2.26. The number of carbonyl (C=O) groups excluding carboxylic acids is 1. The van der Waals surface area contributed by atoms with Crippen LogP contribution in [0.5, 0.6) is 11.5 Å².